The Morgan fingerprint density at radius 1 is 0.298 bits per heavy atom. The lowest BCUT2D eigenvalue weighted by molar-refractivity contribution is -0.147. The van der Waals surface area contributed by atoms with Gasteiger partial charge in [-0.25, -0.2) is 4.79 Å². The predicted octanol–water partition coefficient (Wildman–Crippen LogP) is -15.6. The Morgan fingerprint density at radius 3 is 0.915 bits per heavy atom. The van der Waals surface area contributed by atoms with Crippen LogP contribution in [0.5, 0.6) is 0 Å². The van der Waals surface area contributed by atoms with Crippen molar-refractivity contribution in [1.82, 2.24) is 89.6 Å². The lowest BCUT2D eigenvalue weighted by atomic mass is 10.0. The van der Waals surface area contributed by atoms with Crippen molar-refractivity contribution >= 4 is 154 Å². The number of nitrogens with two attached hydrogens (primary N) is 6. The predicted molar refractivity (Wildman–Crippen MR) is 475 cm³/mol. The molecule has 0 bridgehead atoms. The van der Waals surface area contributed by atoms with Gasteiger partial charge in [0.15, 0.2) is 0 Å². The van der Waals surface area contributed by atoms with Crippen LogP contribution in [0.2, 0.25) is 0 Å². The number of unbranched alkanes of at least 4 members (excludes halogenated alkanes) is 2. The zero-order valence-electron chi connectivity index (χ0n) is 77.6. The van der Waals surface area contributed by atoms with E-state index in [0.29, 0.717) is 0 Å². The highest BCUT2D eigenvalue weighted by atomic mass is 16.4. The molecule has 2 fully saturated rings. The minimum absolute atomic E-state index is 0.00997. The molecule has 0 radical (unpaired) electrons. The summed E-state index contributed by atoms with van der Waals surface area (Å²) in [4.78, 5) is 346. The fourth-order valence-electron chi connectivity index (χ4n) is 14.1. The Bertz CT molecular complexity index is 4430. The van der Waals surface area contributed by atoms with Gasteiger partial charge in [0, 0.05) is 58.0 Å². The fourth-order valence-corrected chi connectivity index (χ4v) is 14.1. The first-order chi connectivity index (χ1) is 66.2. The number of primary amides is 3. The molecule has 60 nitrogen and oxygen atoms in total. The molecule has 38 N–H and O–H groups in total. The smallest absolute Gasteiger partial charge is 0.326 e. The largest absolute Gasteiger partial charge is 0.481 e. The summed E-state index contributed by atoms with van der Waals surface area (Å²) in [5, 5.41) is 142. The first-order valence-electron chi connectivity index (χ1n) is 44.9. The number of aliphatic carboxylic acids is 6. The number of aliphatic hydroxyl groups is 5. The van der Waals surface area contributed by atoms with Gasteiger partial charge in [-0.05, 0) is 143 Å². The Kier molecular flexibility index (Phi) is 54.7. The van der Waals surface area contributed by atoms with Gasteiger partial charge in [-0.1, -0.05) is 0 Å². The minimum atomic E-state index is -2.22. The summed E-state index contributed by atoms with van der Waals surface area (Å²) in [6.45, 7) is -0.941. The highest BCUT2D eigenvalue weighted by Gasteiger charge is 2.46. The molecule has 2 saturated heterocycles. The zero-order chi connectivity index (χ0) is 107. The number of nitrogens with zero attached hydrogens (tertiary/aromatic N) is 2. The van der Waals surface area contributed by atoms with E-state index < -0.39 is 391 Å². The molecule has 141 heavy (non-hydrogen) atoms. The van der Waals surface area contributed by atoms with E-state index in [0.717, 1.165) is 30.6 Å². The maximum Gasteiger partial charge on any atom is 0.326 e. The number of nitrogens with one attached hydrogen (secondary N) is 15. The summed E-state index contributed by atoms with van der Waals surface area (Å²) in [6.07, 6.45) is -15.7. The number of hydrogen-bond acceptors (Lipinski definition) is 34. The first kappa shape index (κ1) is 123. The van der Waals surface area contributed by atoms with Crippen molar-refractivity contribution in [1.29, 1.82) is 0 Å². The Balaban J connectivity index is 2.48. The van der Waals surface area contributed by atoms with Gasteiger partial charge in [-0.3, -0.25) is 120 Å². The second-order valence-corrected chi connectivity index (χ2v) is 33.2. The molecule has 0 spiro atoms. The monoisotopic (exact) mass is 2020 g/mol. The van der Waals surface area contributed by atoms with E-state index in [-0.39, 0.29) is 90.4 Å². The van der Waals surface area contributed by atoms with E-state index in [4.69, 9.17) is 39.5 Å². The van der Waals surface area contributed by atoms with Crippen LogP contribution in [0.15, 0.2) is 0 Å². The average molecular weight is 2020 g/mol. The van der Waals surface area contributed by atoms with Crippen LogP contribution in [-0.4, -0.2) is 387 Å². The maximum absolute atomic E-state index is 14.4. The summed E-state index contributed by atoms with van der Waals surface area (Å²) in [5.41, 5.74) is 33.0. The van der Waals surface area contributed by atoms with Crippen LogP contribution in [0.4, 0.5) is 0 Å². The average Bonchev–Trinajstić information content (AvgIpc) is 1.70. The Morgan fingerprint density at radius 2 is 0.582 bits per heavy atom. The van der Waals surface area contributed by atoms with Crippen LogP contribution in [0, 0.1) is 0 Å². The van der Waals surface area contributed by atoms with Crippen LogP contribution < -0.4 is 114 Å². The van der Waals surface area contributed by atoms with Gasteiger partial charge in [0.05, 0.1) is 38.4 Å². The molecule has 0 aromatic rings. The van der Waals surface area contributed by atoms with Crippen molar-refractivity contribution in [2.45, 2.75) is 302 Å². The van der Waals surface area contributed by atoms with Crippen molar-refractivity contribution in [3.8, 4) is 0 Å². The molecule has 2 aliphatic heterocycles. The third kappa shape index (κ3) is 44.3. The highest BCUT2D eigenvalue weighted by molar-refractivity contribution is 6.03. The van der Waals surface area contributed by atoms with Crippen molar-refractivity contribution < 1.29 is 181 Å². The highest BCUT2D eigenvalue weighted by Crippen LogP contribution is 2.23. The molecule has 0 unspecified atom stereocenters. The van der Waals surface area contributed by atoms with E-state index in [1.165, 1.54) is 0 Å². The molecule has 2 heterocycles. The number of carbonyl (C=O) groups excluding carboxylic acids is 20. The number of aliphatic hydroxyl groups excluding tert-OH is 5. The molecule has 0 aliphatic carbocycles. The number of likely N-dealkylation sites (tertiary alicyclic amines) is 2. The number of amides is 20. The molecule has 2 aliphatic rings. The third-order valence-electron chi connectivity index (χ3n) is 21.9. The van der Waals surface area contributed by atoms with Gasteiger partial charge in [0.25, 0.3) is 0 Å². The summed E-state index contributed by atoms with van der Waals surface area (Å²) in [5.74, 6) is -34.3. The molecule has 20 atom stereocenters. The SMILES string of the molecule is C[C@H](NC(=O)[C@H](CC(N)=O)NC(=O)[C@H](CCC(=O)O)NC(=O)[C@@H](N)CO)C(=O)N[C@@H](CCCCN)C(=O)N[C@@H](CCCCN)C(=O)N[C@@H](CO)C(=O)N[C@@H](CCC(=O)O)C(=O)N[C@@H](CCC(=O)O)C(=O)N[C@@H](CCC(N)=O)C(=O)N[C@H](C(=O)N[C@@H](CO)C(=O)N1CCC[C@H]1C(=O)N[C@@H](CCC(N)=O)C(=O)N[C@@H](CCC(=O)O)C(=O)N[C@H](C(=O)N1CCC[C@H]1C(=O)N[C@@H](CCC(=O)O)C(=O)O)[C@@H](C)O)[C@@H](C)O. The number of carboxylic acids is 6. The Labute approximate surface area is 804 Å². The zero-order valence-corrected chi connectivity index (χ0v) is 77.6. The molecule has 60 heteroatoms. The second-order valence-electron chi connectivity index (χ2n) is 33.2. The quantitative estimate of drug-likeness (QED) is 0.0251. The fraction of sp³-hybridized carbons (Fsp3) is 0.679. The van der Waals surface area contributed by atoms with E-state index >= 15 is 0 Å². The van der Waals surface area contributed by atoms with E-state index in [9.17, 15) is 176 Å². The second kappa shape index (κ2) is 62.8. The summed E-state index contributed by atoms with van der Waals surface area (Å²) in [6, 6.07) is -33.5. The maximum atomic E-state index is 14.4. The molecule has 0 aromatic carbocycles. The van der Waals surface area contributed by atoms with Gasteiger partial charge in [-0.15, -0.1) is 0 Å². The van der Waals surface area contributed by atoms with Crippen LogP contribution in [0.3, 0.4) is 0 Å². The third-order valence-corrected chi connectivity index (χ3v) is 21.9. The summed E-state index contributed by atoms with van der Waals surface area (Å²) < 4.78 is 0. The van der Waals surface area contributed by atoms with E-state index in [1.54, 1.807) is 0 Å². The van der Waals surface area contributed by atoms with Gasteiger partial charge in [0.1, 0.15) is 109 Å². The van der Waals surface area contributed by atoms with E-state index in [2.05, 4.69) is 79.8 Å². The van der Waals surface area contributed by atoms with Crippen molar-refractivity contribution in [3.05, 3.63) is 0 Å². The molecule has 2 rings (SSSR count). The van der Waals surface area contributed by atoms with Gasteiger partial charge in [-0.2, -0.15) is 0 Å². The van der Waals surface area contributed by atoms with Crippen molar-refractivity contribution in [3.63, 3.8) is 0 Å². The summed E-state index contributed by atoms with van der Waals surface area (Å²) >= 11 is 0. The number of hydrogen-bond donors (Lipinski definition) is 32. The minimum Gasteiger partial charge on any atom is -0.481 e. The van der Waals surface area contributed by atoms with Crippen molar-refractivity contribution in [2.24, 2.45) is 34.4 Å². The lowest BCUT2D eigenvalue weighted by Gasteiger charge is -2.32. The Hall–Kier alpha value is -14.1. The molecule has 0 saturated carbocycles. The standard InChI is InChI=1S/C81H131N23O37/c1-36(88-74(133)49(32-56(87)112)98-71(130)44(16-23-57(113)114)90-65(124)39(84)33-105)64(123)89-40(10-4-6-28-82)66(125)91-41(11-5-7-29-83)67(126)99-50(34-106)75(134)95-46(18-25-59(117)118)70(129)93-45(17-24-58(115)116)69(128)92-43(15-22-55(86)111)72(131)101-62(37(2)108)78(137)100-51(35-107)79(138)103-30-8-12-52(103)76(135)96-42(14-21-54(85)110)68(127)94-47(19-26-60(119)120)73(132)102-63(38(3)109)80(139)104-31-9-13-53(104)77(136)97-48(81(140)141)20-27-61(121)122/h36-53,62-63,105-109H,4-35,82-84H2,1-3H3,(H2,85,110)(H2,86,111)(H2,87,112)(H,88,133)(H,89,123)(H,90,124)(H,91,125)(H,92,128)(H,93,129)(H,94,127)(H,95,134)(H,96,135)(H,97,136)(H,98,130)(H,99,126)(H,100,137)(H,101,131)(H,102,132)(H,113,114)(H,115,116)(H,117,118)(H,119,120)(H,121,122)(H,140,141)/t36-,37+,38+,39-,40-,41-,42-,43-,44-,45-,46-,47-,48-,49-,50-,51-,52-,53-,62-,63-/m0/s1. The lowest BCUT2D eigenvalue weighted by Crippen LogP contribution is -2.62. The normalized spacial score (nSPS) is 17.1. The van der Waals surface area contributed by atoms with Gasteiger partial charge in [0.2, 0.25) is 118 Å². The molecule has 20 amide bonds. The van der Waals surface area contributed by atoms with Crippen LogP contribution >= 0.6 is 0 Å². The molecular formula is C81H131N23O37. The van der Waals surface area contributed by atoms with Crippen LogP contribution in [-0.2, 0) is 125 Å². The molecule has 0 aromatic heterocycles. The summed E-state index contributed by atoms with van der Waals surface area (Å²) in [7, 11) is 0. The van der Waals surface area contributed by atoms with Gasteiger partial charge < -0.3 is 180 Å². The molecule has 792 valence electrons. The van der Waals surface area contributed by atoms with Crippen LogP contribution in [0.1, 0.15) is 181 Å². The van der Waals surface area contributed by atoms with Crippen LogP contribution in [0.25, 0.3) is 0 Å². The number of rotatable bonds is 69. The number of carboxylic acid groups (broad SMARTS) is 6. The van der Waals surface area contributed by atoms with Crippen molar-refractivity contribution in [2.75, 3.05) is 46.0 Å². The van der Waals surface area contributed by atoms with E-state index in [1.807, 2.05) is 0 Å². The topological polar surface area (TPSA) is 1010 Å². The molecular weight excluding hydrogens is 1890 g/mol. The van der Waals surface area contributed by atoms with Gasteiger partial charge >= 0.3 is 35.8 Å². The number of carbonyl (C=O) groups is 26. The first-order valence-corrected chi connectivity index (χ1v) is 44.9.